The minimum Gasteiger partial charge on any atom is -0.362 e. The zero-order chi connectivity index (χ0) is 7.82. The van der Waals surface area contributed by atoms with E-state index in [0.29, 0.717) is 5.11 Å². The van der Waals surface area contributed by atoms with Crippen molar-refractivity contribution in [1.29, 1.82) is 5.26 Å². The van der Waals surface area contributed by atoms with Gasteiger partial charge in [0.1, 0.15) is 0 Å². The summed E-state index contributed by atoms with van der Waals surface area (Å²) in [5, 5.41) is 13.7. The largest absolute Gasteiger partial charge is 0.362 e. The normalized spacial score (nSPS) is 8.00. The van der Waals surface area contributed by atoms with Crippen molar-refractivity contribution in [3.05, 3.63) is 0 Å². The molecular formula is C6H11N3S. The molecule has 0 bridgehead atoms. The van der Waals surface area contributed by atoms with E-state index in [1.165, 1.54) is 0 Å². The van der Waals surface area contributed by atoms with Crippen LogP contribution in [0.1, 0.15) is 19.8 Å². The molecule has 0 aromatic heterocycles. The van der Waals surface area contributed by atoms with E-state index in [1.54, 1.807) is 6.19 Å². The van der Waals surface area contributed by atoms with Crippen LogP contribution in [0.5, 0.6) is 0 Å². The third-order valence-electron chi connectivity index (χ3n) is 0.985. The Hall–Kier alpha value is -0.820. The molecule has 4 heteroatoms. The van der Waals surface area contributed by atoms with Gasteiger partial charge in [0.25, 0.3) is 0 Å². The van der Waals surface area contributed by atoms with Gasteiger partial charge < -0.3 is 5.32 Å². The Morgan fingerprint density at radius 3 is 2.90 bits per heavy atom. The molecule has 0 amide bonds. The molecule has 0 fully saturated rings. The van der Waals surface area contributed by atoms with Crippen LogP contribution < -0.4 is 10.6 Å². The number of unbranched alkanes of at least 4 members (excludes halogenated alkanes) is 1. The first kappa shape index (κ1) is 9.18. The Morgan fingerprint density at radius 2 is 2.40 bits per heavy atom. The van der Waals surface area contributed by atoms with Crippen LogP contribution >= 0.6 is 12.2 Å². The number of nitrogens with zero attached hydrogens (tertiary/aromatic N) is 1. The first-order chi connectivity index (χ1) is 4.81. The lowest BCUT2D eigenvalue weighted by molar-refractivity contribution is 0.752. The summed E-state index contributed by atoms with van der Waals surface area (Å²) >= 11 is 4.72. The highest BCUT2D eigenvalue weighted by Crippen LogP contribution is 1.81. The molecule has 0 aromatic rings. The SMILES string of the molecule is CCCCNC(=S)NC#N. The minimum atomic E-state index is 0.413. The summed E-state index contributed by atoms with van der Waals surface area (Å²) in [5.41, 5.74) is 0. The molecule has 56 valence electrons. The lowest BCUT2D eigenvalue weighted by Gasteiger charge is -2.02. The monoisotopic (exact) mass is 157 g/mol. The molecule has 10 heavy (non-hydrogen) atoms. The molecular weight excluding hydrogens is 146 g/mol. The fourth-order valence-electron chi connectivity index (χ4n) is 0.474. The molecule has 0 heterocycles. The average molecular weight is 157 g/mol. The standard InChI is InChI=1S/C6H11N3S/c1-2-3-4-8-6(10)9-5-7/h2-4H2,1H3,(H2,8,9,10). The highest BCUT2D eigenvalue weighted by atomic mass is 32.1. The third-order valence-corrected chi connectivity index (χ3v) is 1.23. The maximum atomic E-state index is 8.10. The number of hydrogen-bond donors (Lipinski definition) is 2. The van der Waals surface area contributed by atoms with Gasteiger partial charge in [0.05, 0.1) is 0 Å². The Bertz CT molecular complexity index is 138. The van der Waals surface area contributed by atoms with Crippen LogP contribution in [0.3, 0.4) is 0 Å². The van der Waals surface area contributed by atoms with Crippen molar-refractivity contribution in [2.45, 2.75) is 19.8 Å². The van der Waals surface area contributed by atoms with Gasteiger partial charge >= 0.3 is 0 Å². The van der Waals surface area contributed by atoms with Gasteiger partial charge in [-0.1, -0.05) is 13.3 Å². The smallest absolute Gasteiger partial charge is 0.183 e. The Balaban J connectivity index is 3.15. The summed E-state index contributed by atoms with van der Waals surface area (Å²) in [6, 6.07) is 0. The third kappa shape index (κ3) is 5.32. The maximum Gasteiger partial charge on any atom is 0.183 e. The Morgan fingerprint density at radius 1 is 1.70 bits per heavy atom. The summed E-state index contributed by atoms with van der Waals surface area (Å²) in [5.74, 6) is 0. The predicted molar refractivity (Wildman–Crippen MR) is 44.3 cm³/mol. The second kappa shape index (κ2) is 6.30. The number of nitrogens with one attached hydrogen (secondary N) is 2. The molecule has 0 atom stereocenters. The van der Waals surface area contributed by atoms with Crippen molar-refractivity contribution >= 4 is 17.3 Å². The molecule has 2 N–H and O–H groups in total. The number of nitriles is 1. The number of rotatable bonds is 3. The van der Waals surface area contributed by atoms with E-state index >= 15 is 0 Å². The van der Waals surface area contributed by atoms with Crippen molar-refractivity contribution in [2.24, 2.45) is 0 Å². The fraction of sp³-hybridized carbons (Fsp3) is 0.667. The molecule has 0 aliphatic rings. The van der Waals surface area contributed by atoms with E-state index < -0.39 is 0 Å². The van der Waals surface area contributed by atoms with Gasteiger partial charge in [0.2, 0.25) is 0 Å². The zero-order valence-electron chi connectivity index (χ0n) is 5.98. The van der Waals surface area contributed by atoms with Crippen molar-refractivity contribution in [3.8, 4) is 6.19 Å². The molecule has 0 aliphatic carbocycles. The fourth-order valence-corrected chi connectivity index (χ4v) is 0.621. The van der Waals surface area contributed by atoms with E-state index in [9.17, 15) is 0 Å². The van der Waals surface area contributed by atoms with Crippen molar-refractivity contribution < 1.29 is 0 Å². The highest BCUT2D eigenvalue weighted by molar-refractivity contribution is 7.80. The molecule has 0 spiro atoms. The molecule has 0 aromatic carbocycles. The van der Waals surface area contributed by atoms with Crippen LogP contribution in [0.15, 0.2) is 0 Å². The van der Waals surface area contributed by atoms with Crippen LogP contribution in [0.2, 0.25) is 0 Å². The van der Waals surface area contributed by atoms with Crippen LogP contribution in [0.25, 0.3) is 0 Å². The number of thiocarbonyl (C=S) groups is 1. The van der Waals surface area contributed by atoms with Gasteiger partial charge in [-0.3, -0.25) is 5.32 Å². The summed E-state index contributed by atoms with van der Waals surface area (Å²) in [7, 11) is 0. The average Bonchev–Trinajstić information content (AvgIpc) is 1.89. The second-order valence-electron chi connectivity index (χ2n) is 1.85. The van der Waals surface area contributed by atoms with E-state index in [-0.39, 0.29) is 0 Å². The van der Waals surface area contributed by atoms with Gasteiger partial charge in [-0.05, 0) is 18.6 Å². The Labute approximate surface area is 66.4 Å². The van der Waals surface area contributed by atoms with Crippen LogP contribution in [0, 0.1) is 11.5 Å². The molecule has 0 unspecified atom stereocenters. The topological polar surface area (TPSA) is 47.8 Å². The summed E-state index contributed by atoms with van der Waals surface area (Å²) in [6.07, 6.45) is 3.94. The van der Waals surface area contributed by atoms with Gasteiger partial charge in [-0.25, -0.2) is 0 Å². The first-order valence-corrected chi connectivity index (χ1v) is 3.65. The maximum absolute atomic E-state index is 8.10. The quantitative estimate of drug-likeness (QED) is 0.274. The molecule has 0 radical (unpaired) electrons. The lowest BCUT2D eigenvalue weighted by atomic mass is 10.3. The summed E-state index contributed by atoms with van der Waals surface area (Å²) in [6.45, 7) is 2.94. The van der Waals surface area contributed by atoms with Gasteiger partial charge in [0.15, 0.2) is 11.3 Å². The number of hydrogen-bond acceptors (Lipinski definition) is 2. The van der Waals surface area contributed by atoms with Crippen molar-refractivity contribution in [3.63, 3.8) is 0 Å². The van der Waals surface area contributed by atoms with Crippen molar-refractivity contribution in [2.75, 3.05) is 6.54 Å². The van der Waals surface area contributed by atoms with E-state index in [4.69, 9.17) is 17.5 Å². The summed E-state index contributed by atoms with van der Waals surface area (Å²) < 4.78 is 0. The van der Waals surface area contributed by atoms with Crippen molar-refractivity contribution in [1.82, 2.24) is 10.6 Å². The molecule has 0 saturated carbocycles. The first-order valence-electron chi connectivity index (χ1n) is 3.24. The zero-order valence-corrected chi connectivity index (χ0v) is 6.79. The molecule has 0 rings (SSSR count). The van der Waals surface area contributed by atoms with Gasteiger partial charge in [0, 0.05) is 6.54 Å². The predicted octanol–water partition coefficient (Wildman–Crippen LogP) is 0.732. The minimum absolute atomic E-state index is 0.413. The van der Waals surface area contributed by atoms with Gasteiger partial charge in [-0.2, -0.15) is 5.26 Å². The van der Waals surface area contributed by atoms with E-state index in [0.717, 1.165) is 19.4 Å². The van der Waals surface area contributed by atoms with Crippen LogP contribution in [0.4, 0.5) is 0 Å². The lowest BCUT2D eigenvalue weighted by Crippen LogP contribution is -2.32. The molecule has 3 nitrogen and oxygen atoms in total. The second-order valence-corrected chi connectivity index (χ2v) is 2.25. The summed E-state index contributed by atoms with van der Waals surface area (Å²) in [4.78, 5) is 0. The van der Waals surface area contributed by atoms with E-state index in [2.05, 4.69) is 17.6 Å². The Kier molecular flexibility index (Phi) is 5.79. The highest BCUT2D eigenvalue weighted by Gasteiger charge is 1.89. The van der Waals surface area contributed by atoms with Crippen LogP contribution in [-0.4, -0.2) is 11.7 Å². The van der Waals surface area contributed by atoms with E-state index in [1.807, 2.05) is 0 Å². The van der Waals surface area contributed by atoms with Crippen LogP contribution in [-0.2, 0) is 0 Å². The molecule has 0 saturated heterocycles. The van der Waals surface area contributed by atoms with Gasteiger partial charge in [-0.15, -0.1) is 0 Å². The molecule has 0 aliphatic heterocycles.